The first kappa shape index (κ1) is 46.9. The van der Waals surface area contributed by atoms with Crippen molar-refractivity contribution in [3.05, 3.63) is 237 Å². The van der Waals surface area contributed by atoms with Crippen LogP contribution >= 0.6 is 93.5 Å². The normalized spacial score (nSPS) is 14.7. The van der Waals surface area contributed by atoms with E-state index in [-0.39, 0.29) is 16.8 Å². The van der Waals surface area contributed by atoms with Crippen molar-refractivity contribution in [3.8, 4) is 0 Å². The smallest absolute Gasteiger partial charge is 0.650 e. The van der Waals surface area contributed by atoms with E-state index in [1.807, 2.05) is 170 Å². The molecule has 0 amide bonds. The largest absolute Gasteiger partial charge is 2.00 e. The van der Waals surface area contributed by atoms with E-state index in [1.165, 1.54) is 47.0 Å². The summed E-state index contributed by atoms with van der Waals surface area (Å²) in [4.78, 5) is 23.5. The zero-order valence-corrected chi connectivity index (χ0v) is 40.7. The van der Waals surface area contributed by atoms with Gasteiger partial charge in [0.15, 0.2) is 0 Å². The minimum absolute atomic E-state index is 0. The number of hydrogen-bond acceptors (Lipinski definition) is 8. The van der Waals surface area contributed by atoms with Gasteiger partial charge in [0.05, 0.1) is 34.0 Å². The Balaban J connectivity index is 0.000000175. The Bertz CT molecular complexity index is 2870. The Morgan fingerprint density at radius 2 is 0.769 bits per heavy atom. The van der Waals surface area contributed by atoms with E-state index in [0.29, 0.717) is 54.4 Å². The van der Waals surface area contributed by atoms with Crippen LogP contribution in [0.3, 0.4) is 0 Å². The molecule has 0 saturated carbocycles. The number of hydrogen-bond donors (Lipinski definition) is 0. The van der Waals surface area contributed by atoms with Gasteiger partial charge in [-0.3, -0.25) is 0 Å². The SMILES string of the molecule is ClC1=C/C(=C(/c2cc(Cl)c(Sc3ccccc3)[n-]2)c2ccco2)N=C1Sc1ccccc1.ClC1=C/C(=C(/c2cc(Cl)c(Sc3ccccc3)[n-]2)c2ccco2)N=C1Sc1ccccc1.[Co+2]. The first-order valence-corrected chi connectivity index (χ1v) is 24.2. The van der Waals surface area contributed by atoms with E-state index in [4.69, 9.17) is 75.2 Å². The predicted octanol–water partition coefficient (Wildman–Crippen LogP) is 16.3. The summed E-state index contributed by atoms with van der Waals surface area (Å²) >= 11 is 32.3. The maximum Gasteiger partial charge on any atom is 2.00 e. The Morgan fingerprint density at radius 3 is 1.09 bits per heavy atom. The van der Waals surface area contributed by atoms with E-state index >= 15 is 0 Å². The van der Waals surface area contributed by atoms with Gasteiger partial charge in [0.2, 0.25) is 0 Å². The van der Waals surface area contributed by atoms with Gasteiger partial charge in [0.1, 0.15) is 21.6 Å². The minimum atomic E-state index is 0. The quantitative estimate of drug-likeness (QED) is 0.134. The van der Waals surface area contributed by atoms with E-state index in [9.17, 15) is 0 Å². The molecule has 65 heavy (non-hydrogen) atoms. The van der Waals surface area contributed by atoms with Crippen LogP contribution < -0.4 is 9.97 Å². The van der Waals surface area contributed by atoms with Crippen molar-refractivity contribution in [1.82, 2.24) is 9.97 Å². The van der Waals surface area contributed by atoms with Crippen LogP contribution in [0.5, 0.6) is 0 Å². The van der Waals surface area contributed by atoms with Gasteiger partial charge in [0, 0.05) is 40.8 Å². The van der Waals surface area contributed by atoms with Gasteiger partial charge in [-0.25, -0.2) is 9.98 Å². The van der Waals surface area contributed by atoms with E-state index in [0.717, 1.165) is 50.9 Å². The number of furan rings is 2. The van der Waals surface area contributed by atoms with Crippen molar-refractivity contribution in [1.29, 1.82) is 0 Å². The second-order valence-corrected chi connectivity index (χ2v) is 19.4. The summed E-state index contributed by atoms with van der Waals surface area (Å²) in [6.07, 6.45) is 6.95. The van der Waals surface area contributed by atoms with Crippen molar-refractivity contribution >= 4 is 115 Å². The topological polar surface area (TPSA) is 79.2 Å². The van der Waals surface area contributed by atoms with Crippen LogP contribution in [0.1, 0.15) is 22.9 Å². The monoisotopic (exact) mass is 1040 g/mol. The Labute approximate surface area is 423 Å². The molecule has 323 valence electrons. The summed E-state index contributed by atoms with van der Waals surface area (Å²) in [5.74, 6) is 1.31. The molecular formula is C50H30Cl4CoN4O2S4. The third-order valence-corrected chi connectivity index (χ3v) is 14.8. The molecule has 6 nitrogen and oxygen atoms in total. The molecule has 1 radical (unpaired) electrons. The van der Waals surface area contributed by atoms with Crippen LogP contribution in [-0.2, 0) is 16.8 Å². The Hall–Kier alpha value is -4.63. The van der Waals surface area contributed by atoms with E-state index < -0.39 is 0 Å². The number of nitrogens with zero attached hydrogens (tertiary/aromatic N) is 4. The number of thioether (sulfide) groups is 2. The number of benzene rings is 4. The number of rotatable bonds is 10. The molecule has 15 heteroatoms. The zero-order chi connectivity index (χ0) is 43.8. The Kier molecular flexibility index (Phi) is 16.0. The molecule has 0 unspecified atom stereocenters. The van der Waals surface area contributed by atoms with Crippen molar-refractivity contribution in [2.75, 3.05) is 0 Å². The molecule has 0 spiro atoms. The minimum Gasteiger partial charge on any atom is -0.650 e. The van der Waals surface area contributed by atoms with Crippen LogP contribution in [0.15, 0.2) is 252 Å². The summed E-state index contributed by atoms with van der Waals surface area (Å²) in [7, 11) is 0. The fourth-order valence-electron chi connectivity index (χ4n) is 6.32. The predicted molar refractivity (Wildman–Crippen MR) is 267 cm³/mol. The molecule has 0 atom stereocenters. The van der Waals surface area contributed by atoms with Crippen molar-refractivity contribution in [2.24, 2.45) is 9.98 Å². The van der Waals surface area contributed by atoms with Gasteiger partial charge in [-0.2, -0.15) is 0 Å². The second kappa shape index (κ2) is 22.2. The van der Waals surface area contributed by atoms with E-state index in [2.05, 4.69) is 0 Å². The van der Waals surface area contributed by atoms with Gasteiger partial charge in [-0.15, -0.1) is 34.9 Å². The van der Waals surface area contributed by atoms with Crippen LogP contribution in [0, 0.1) is 0 Å². The summed E-state index contributed by atoms with van der Waals surface area (Å²) in [6.45, 7) is 0. The standard InChI is InChI=1S/2C25H15Cl2N2OS2.Co/c2*26-18-14-20(28-24(18)31-16-8-3-1-4-9-16)23(22-12-7-13-30-22)21-15-19(27)25(29-21)32-17-10-5-2-6-11-17;/h2*1-15H;/q2*-1;+2/b2*23-20+;. The van der Waals surface area contributed by atoms with Gasteiger partial charge < -0.3 is 18.8 Å². The van der Waals surface area contributed by atoms with Crippen LogP contribution in [0.25, 0.3) is 11.1 Å². The molecule has 0 bridgehead atoms. The van der Waals surface area contributed by atoms with Gasteiger partial charge in [-0.1, -0.05) is 165 Å². The van der Waals surface area contributed by atoms with Gasteiger partial charge in [0.25, 0.3) is 0 Å². The maximum atomic E-state index is 6.55. The molecule has 0 N–H and O–H groups in total. The molecule has 0 fully saturated rings. The molecule has 10 rings (SSSR count). The second-order valence-electron chi connectivity index (χ2n) is 13.5. The average Bonchev–Trinajstić information content (AvgIpc) is 4.20. The molecular weight excluding hydrogens is 1020 g/mol. The first-order chi connectivity index (χ1) is 31.3. The number of aromatic nitrogens is 2. The molecule has 4 aromatic carbocycles. The Morgan fingerprint density at radius 1 is 0.431 bits per heavy atom. The van der Waals surface area contributed by atoms with Crippen molar-refractivity contribution in [2.45, 2.75) is 29.6 Å². The molecule has 4 aromatic heterocycles. The first-order valence-electron chi connectivity index (χ1n) is 19.4. The fourth-order valence-corrected chi connectivity index (χ4v) is 10.6. The van der Waals surface area contributed by atoms with Crippen molar-refractivity contribution < 1.29 is 25.6 Å². The zero-order valence-electron chi connectivity index (χ0n) is 33.4. The van der Waals surface area contributed by atoms with Crippen molar-refractivity contribution in [3.63, 3.8) is 0 Å². The number of halogens is 4. The molecule has 0 saturated heterocycles. The summed E-state index contributed by atoms with van der Waals surface area (Å²) in [5, 5.41) is 5.23. The number of aliphatic imine (C=N–C) groups is 2. The molecule has 6 heterocycles. The molecule has 2 aliphatic rings. The fraction of sp³-hybridized carbons (Fsp3) is 0. The average molecular weight is 1050 g/mol. The van der Waals surface area contributed by atoms with Crippen LogP contribution in [0.4, 0.5) is 0 Å². The third-order valence-electron chi connectivity index (χ3n) is 9.15. The van der Waals surface area contributed by atoms with Crippen LogP contribution in [0.2, 0.25) is 10.0 Å². The molecule has 0 aliphatic carbocycles. The van der Waals surface area contributed by atoms with E-state index in [1.54, 1.807) is 12.5 Å². The van der Waals surface area contributed by atoms with Gasteiger partial charge >= 0.3 is 16.8 Å². The number of allylic oxidation sites excluding steroid dienone is 2. The summed E-state index contributed by atoms with van der Waals surface area (Å²) in [5.41, 5.74) is 4.25. The summed E-state index contributed by atoms with van der Waals surface area (Å²) < 4.78 is 11.4. The summed E-state index contributed by atoms with van der Waals surface area (Å²) in [6, 6.07) is 51.2. The maximum absolute atomic E-state index is 6.55. The van der Waals surface area contributed by atoms with Gasteiger partial charge in [-0.05, 0) is 84.9 Å². The molecule has 2 aliphatic heterocycles. The van der Waals surface area contributed by atoms with Crippen LogP contribution in [-0.4, -0.2) is 10.1 Å². The third kappa shape index (κ3) is 11.7. The molecule has 8 aromatic rings.